The maximum Gasteiger partial charge on any atom is 0.127 e. The predicted molar refractivity (Wildman–Crippen MR) is 90.2 cm³/mol. The largest absolute Gasteiger partial charge is 0.457 e. The zero-order chi connectivity index (χ0) is 15.2. The van der Waals surface area contributed by atoms with Crippen LogP contribution in [0.5, 0.6) is 11.5 Å². The Balaban J connectivity index is 2.03. The van der Waals surface area contributed by atoms with Gasteiger partial charge in [0.1, 0.15) is 11.5 Å². The molecule has 0 bridgehead atoms. The molecule has 0 aliphatic rings. The average Bonchev–Trinajstić information content (AvgIpc) is 2.42. The summed E-state index contributed by atoms with van der Waals surface area (Å²) in [6.45, 7) is 3.10. The molecule has 0 atom stereocenters. The number of nitrogens with zero attached hydrogens (tertiary/aromatic N) is 1. The van der Waals surface area contributed by atoms with E-state index in [0.717, 1.165) is 18.0 Å². The van der Waals surface area contributed by atoms with Crippen LogP contribution in [0.4, 0.5) is 0 Å². The van der Waals surface area contributed by atoms with Gasteiger partial charge in [-0.25, -0.2) is 0 Å². The molecule has 0 aliphatic heterocycles. The number of halogens is 1. The van der Waals surface area contributed by atoms with E-state index < -0.39 is 0 Å². The Morgan fingerprint density at radius 2 is 1.52 bits per heavy atom. The van der Waals surface area contributed by atoms with E-state index in [1.54, 1.807) is 0 Å². The minimum atomic E-state index is 0.708. The van der Waals surface area contributed by atoms with Gasteiger partial charge in [-0.3, -0.25) is 0 Å². The van der Waals surface area contributed by atoms with Gasteiger partial charge in [0.05, 0.1) is 0 Å². The van der Waals surface area contributed by atoms with Crippen LogP contribution in [0.1, 0.15) is 12.5 Å². The van der Waals surface area contributed by atoms with Crippen molar-refractivity contribution >= 4 is 17.7 Å². The Labute approximate surface area is 131 Å². The first-order valence-corrected chi connectivity index (χ1v) is 7.26. The van der Waals surface area contributed by atoms with Gasteiger partial charge in [0.2, 0.25) is 0 Å². The zero-order valence-electron chi connectivity index (χ0n) is 12.6. The predicted octanol–water partition coefficient (Wildman–Crippen LogP) is 5.10. The van der Waals surface area contributed by atoms with Gasteiger partial charge in [-0.05, 0) is 63.0 Å². The zero-order valence-corrected chi connectivity index (χ0v) is 13.4. The summed E-state index contributed by atoms with van der Waals surface area (Å²) in [4.78, 5) is 2.16. The fourth-order valence-corrected chi connectivity index (χ4v) is 2.23. The molecule has 0 N–H and O–H groups in total. The summed E-state index contributed by atoms with van der Waals surface area (Å²) in [5.41, 5.74) is 2.50. The third-order valence-corrected chi connectivity index (χ3v) is 3.16. The number of hydrogen-bond donors (Lipinski definition) is 0. The van der Waals surface area contributed by atoms with Gasteiger partial charge >= 0.3 is 0 Å². The molecule has 110 valence electrons. The van der Waals surface area contributed by atoms with Crippen molar-refractivity contribution in [1.29, 1.82) is 0 Å². The van der Waals surface area contributed by atoms with Gasteiger partial charge < -0.3 is 9.64 Å². The molecule has 2 aromatic rings. The quantitative estimate of drug-likeness (QED) is 0.762. The third-order valence-electron chi connectivity index (χ3n) is 2.91. The van der Waals surface area contributed by atoms with Gasteiger partial charge in [-0.2, -0.15) is 0 Å². The van der Waals surface area contributed by atoms with Crippen LogP contribution in [0, 0.1) is 0 Å². The molecule has 2 aromatic carbocycles. The highest BCUT2D eigenvalue weighted by molar-refractivity contribution is 6.30. The van der Waals surface area contributed by atoms with Crippen molar-refractivity contribution in [3.63, 3.8) is 0 Å². The summed E-state index contributed by atoms with van der Waals surface area (Å²) < 4.78 is 5.77. The summed E-state index contributed by atoms with van der Waals surface area (Å²) >= 11 is 5.85. The smallest absolute Gasteiger partial charge is 0.127 e. The Bertz CT molecular complexity index is 600. The average molecular weight is 302 g/mol. The molecule has 0 heterocycles. The molecule has 0 spiro atoms. The molecule has 0 aromatic heterocycles. The first kappa shape index (κ1) is 15.6. The van der Waals surface area contributed by atoms with E-state index in [2.05, 4.69) is 44.1 Å². The van der Waals surface area contributed by atoms with E-state index in [9.17, 15) is 0 Å². The van der Waals surface area contributed by atoms with Gasteiger partial charge in [0.25, 0.3) is 0 Å². The maximum atomic E-state index is 5.85. The van der Waals surface area contributed by atoms with E-state index in [0.29, 0.717) is 5.02 Å². The Kier molecular flexibility index (Phi) is 5.43. The normalized spacial score (nSPS) is 11.8. The second-order valence-corrected chi connectivity index (χ2v) is 5.79. The van der Waals surface area contributed by atoms with Gasteiger partial charge in [0, 0.05) is 11.6 Å². The highest BCUT2D eigenvalue weighted by Gasteiger charge is 1.98. The van der Waals surface area contributed by atoms with Crippen LogP contribution >= 0.6 is 11.6 Å². The highest BCUT2D eigenvalue weighted by Crippen LogP contribution is 2.23. The van der Waals surface area contributed by atoms with Gasteiger partial charge in [0.15, 0.2) is 0 Å². The van der Waals surface area contributed by atoms with Crippen molar-refractivity contribution in [2.24, 2.45) is 0 Å². The number of likely N-dealkylation sites (N-methyl/N-ethyl adjacent to an activating group) is 1. The molecule has 0 saturated carbocycles. The Morgan fingerprint density at radius 3 is 2.05 bits per heavy atom. The highest BCUT2D eigenvalue weighted by atomic mass is 35.5. The molecule has 0 unspecified atom stereocenters. The number of benzene rings is 2. The van der Waals surface area contributed by atoms with Crippen molar-refractivity contribution in [1.82, 2.24) is 4.90 Å². The first-order chi connectivity index (χ1) is 10.0. The fraction of sp³-hybridized carbons (Fsp3) is 0.222. The van der Waals surface area contributed by atoms with Crippen molar-refractivity contribution in [2.45, 2.75) is 6.92 Å². The minimum Gasteiger partial charge on any atom is -0.457 e. The molecule has 2 nitrogen and oxygen atoms in total. The van der Waals surface area contributed by atoms with Crippen LogP contribution in [-0.4, -0.2) is 25.5 Å². The SMILES string of the molecule is CC(=Cc1ccc(Oc2ccc(Cl)cc2)cc1)CN(C)C. The van der Waals surface area contributed by atoms with Crippen LogP contribution in [0.2, 0.25) is 5.02 Å². The lowest BCUT2D eigenvalue weighted by Gasteiger charge is -2.10. The molecular weight excluding hydrogens is 282 g/mol. The van der Waals surface area contributed by atoms with Crippen LogP contribution in [0.3, 0.4) is 0 Å². The number of rotatable bonds is 5. The second kappa shape index (κ2) is 7.30. The van der Waals surface area contributed by atoms with Gasteiger partial charge in [-0.15, -0.1) is 0 Å². The lowest BCUT2D eigenvalue weighted by atomic mass is 10.1. The van der Waals surface area contributed by atoms with E-state index in [4.69, 9.17) is 16.3 Å². The minimum absolute atomic E-state index is 0.708. The summed E-state index contributed by atoms with van der Waals surface area (Å²) in [6.07, 6.45) is 2.19. The standard InChI is InChI=1S/C18H20ClNO/c1-14(13-20(2)3)12-15-4-8-17(9-5-15)21-18-10-6-16(19)7-11-18/h4-12H,13H2,1-3H3. The monoisotopic (exact) mass is 301 g/mol. The lowest BCUT2D eigenvalue weighted by Crippen LogP contribution is -2.13. The Morgan fingerprint density at radius 1 is 1.00 bits per heavy atom. The number of hydrogen-bond acceptors (Lipinski definition) is 2. The molecule has 21 heavy (non-hydrogen) atoms. The van der Waals surface area contributed by atoms with Gasteiger partial charge in [-0.1, -0.05) is 35.4 Å². The summed E-state index contributed by atoms with van der Waals surface area (Å²) in [7, 11) is 4.14. The van der Waals surface area contributed by atoms with Crippen molar-refractivity contribution in [3.8, 4) is 11.5 Å². The van der Waals surface area contributed by atoms with E-state index in [-0.39, 0.29) is 0 Å². The molecular formula is C18H20ClNO. The molecule has 0 fully saturated rings. The maximum absolute atomic E-state index is 5.85. The number of ether oxygens (including phenoxy) is 1. The Hall–Kier alpha value is -1.77. The van der Waals surface area contributed by atoms with E-state index in [1.165, 1.54) is 11.1 Å². The van der Waals surface area contributed by atoms with Crippen LogP contribution in [-0.2, 0) is 0 Å². The molecule has 0 saturated heterocycles. The van der Waals surface area contributed by atoms with Crippen molar-refractivity contribution in [3.05, 3.63) is 64.7 Å². The van der Waals surface area contributed by atoms with Crippen LogP contribution in [0.15, 0.2) is 54.1 Å². The topological polar surface area (TPSA) is 12.5 Å². The third kappa shape index (κ3) is 5.25. The molecule has 0 amide bonds. The van der Waals surface area contributed by atoms with Crippen LogP contribution in [0.25, 0.3) is 6.08 Å². The summed E-state index contributed by atoms with van der Waals surface area (Å²) in [6, 6.07) is 15.4. The molecule has 3 heteroatoms. The molecule has 0 aliphatic carbocycles. The van der Waals surface area contributed by atoms with E-state index >= 15 is 0 Å². The summed E-state index contributed by atoms with van der Waals surface area (Å²) in [5, 5.41) is 0.708. The lowest BCUT2D eigenvalue weighted by molar-refractivity contribution is 0.446. The van der Waals surface area contributed by atoms with Crippen LogP contribution < -0.4 is 4.74 Å². The van der Waals surface area contributed by atoms with Crippen molar-refractivity contribution < 1.29 is 4.74 Å². The molecule has 0 radical (unpaired) electrons. The fourth-order valence-electron chi connectivity index (χ4n) is 2.10. The second-order valence-electron chi connectivity index (χ2n) is 5.35. The molecule has 2 rings (SSSR count). The van der Waals surface area contributed by atoms with Crippen molar-refractivity contribution in [2.75, 3.05) is 20.6 Å². The summed E-state index contributed by atoms with van der Waals surface area (Å²) in [5.74, 6) is 1.60. The first-order valence-electron chi connectivity index (χ1n) is 6.88. The van der Waals surface area contributed by atoms with E-state index in [1.807, 2.05) is 36.4 Å².